The van der Waals surface area contributed by atoms with Crippen molar-refractivity contribution in [3.05, 3.63) is 99.6 Å². The van der Waals surface area contributed by atoms with Gasteiger partial charge in [0.15, 0.2) is 6.04 Å². The van der Waals surface area contributed by atoms with Crippen molar-refractivity contribution in [3.8, 4) is 0 Å². The van der Waals surface area contributed by atoms with Crippen LogP contribution in [0.4, 0.5) is 16.2 Å². The van der Waals surface area contributed by atoms with Gasteiger partial charge >= 0.3 is 17.8 Å². The van der Waals surface area contributed by atoms with Crippen LogP contribution >= 0.6 is 11.6 Å². The topological polar surface area (TPSA) is 151 Å². The molecule has 45 heavy (non-hydrogen) atoms. The lowest BCUT2D eigenvalue weighted by atomic mass is 10.1. The summed E-state index contributed by atoms with van der Waals surface area (Å²) < 4.78 is 1.35. The van der Waals surface area contributed by atoms with Crippen molar-refractivity contribution in [3.63, 3.8) is 0 Å². The highest BCUT2D eigenvalue weighted by Crippen LogP contribution is 2.36. The molecule has 1 aliphatic heterocycles. The van der Waals surface area contributed by atoms with E-state index in [2.05, 4.69) is 10.6 Å². The van der Waals surface area contributed by atoms with E-state index in [4.69, 9.17) is 16.6 Å². The maximum Gasteiger partial charge on any atom is 0.335 e. The first kappa shape index (κ1) is 29.7. The summed E-state index contributed by atoms with van der Waals surface area (Å²) in [5.41, 5.74) is 0.492. The highest BCUT2D eigenvalue weighted by atomic mass is 35.5. The molecule has 2 fully saturated rings. The van der Waals surface area contributed by atoms with Gasteiger partial charge in [-0.15, -0.1) is 0 Å². The van der Waals surface area contributed by atoms with Gasteiger partial charge in [0.25, 0.3) is 11.5 Å². The number of anilines is 2. The number of rotatable bonds is 9. The van der Waals surface area contributed by atoms with Crippen LogP contribution in [-0.2, 0) is 25.7 Å². The molecule has 1 unspecified atom stereocenters. The minimum atomic E-state index is -1.85. The first-order chi connectivity index (χ1) is 21.8. The molecule has 1 saturated heterocycles. The molecule has 12 nitrogen and oxygen atoms in total. The van der Waals surface area contributed by atoms with Crippen molar-refractivity contribution in [1.82, 2.24) is 19.4 Å². The molecule has 1 aromatic heterocycles. The van der Waals surface area contributed by atoms with Gasteiger partial charge in [-0.1, -0.05) is 73.0 Å². The number of hydrogen-bond acceptors (Lipinski definition) is 7. The molecule has 4 aromatic rings. The Balaban J connectivity index is 1.56. The number of imide groups is 2. The van der Waals surface area contributed by atoms with Crippen LogP contribution < -0.4 is 16.2 Å². The first-order valence-corrected chi connectivity index (χ1v) is 14.7. The summed E-state index contributed by atoms with van der Waals surface area (Å²) in [4.78, 5) is 86.7. The molecule has 13 heteroatoms. The van der Waals surface area contributed by atoms with Crippen LogP contribution in [-0.4, -0.2) is 49.5 Å². The quantitative estimate of drug-likeness (QED) is 0.159. The van der Waals surface area contributed by atoms with Crippen molar-refractivity contribution in [2.45, 2.75) is 44.3 Å². The molecule has 228 valence electrons. The molecule has 1 saturated carbocycles. The van der Waals surface area contributed by atoms with Crippen LogP contribution in [0.2, 0.25) is 5.02 Å². The normalized spacial score (nSPS) is 16.0. The van der Waals surface area contributed by atoms with E-state index in [0.29, 0.717) is 29.7 Å². The maximum atomic E-state index is 14.3. The zero-order valence-electron chi connectivity index (χ0n) is 23.8. The van der Waals surface area contributed by atoms with Gasteiger partial charge in [-0.2, -0.15) is 0 Å². The largest absolute Gasteiger partial charge is 0.335 e. The Hall–Kier alpha value is -5.36. The number of para-hydroxylation sites is 2. The Kier molecular flexibility index (Phi) is 8.14. The molecule has 2 aliphatic rings. The molecule has 6 rings (SSSR count). The molecular weight excluding hydrogens is 600 g/mol. The summed E-state index contributed by atoms with van der Waals surface area (Å²) >= 11 is 6.33. The predicted octanol–water partition coefficient (Wildman–Crippen LogP) is 4.40. The van der Waals surface area contributed by atoms with Crippen LogP contribution in [0.3, 0.4) is 0 Å². The SMILES string of the molecule is O=CNc1cccc2c(=O)n(C3CCCC3)c(C(C(=O)Nc3ccccc3Cl)N3C(=O)C(=O)N(Cc4ccccc4)C3=O)nc12. The fraction of sp³-hybridized carbons (Fsp3) is 0.219. The summed E-state index contributed by atoms with van der Waals surface area (Å²) in [6.07, 6.45) is 3.22. The first-order valence-electron chi connectivity index (χ1n) is 14.3. The van der Waals surface area contributed by atoms with Crippen LogP contribution in [0, 0.1) is 0 Å². The minimum Gasteiger partial charge on any atom is -0.327 e. The lowest BCUT2D eigenvalue weighted by molar-refractivity contribution is -0.145. The Morgan fingerprint density at radius 3 is 2.31 bits per heavy atom. The smallest absolute Gasteiger partial charge is 0.327 e. The van der Waals surface area contributed by atoms with Crippen molar-refractivity contribution < 1.29 is 24.0 Å². The number of carbonyl (C=O) groups is 5. The highest BCUT2D eigenvalue weighted by molar-refractivity contribution is 6.45. The molecule has 3 aromatic carbocycles. The Morgan fingerprint density at radius 2 is 1.60 bits per heavy atom. The predicted molar refractivity (Wildman–Crippen MR) is 165 cm³/mol. The molecule has 2 heterocycles. The van der Waals surface area contributed by atoms with Gasteiger partial charge in [0.05, 0.1) is 28.3 Å². The molecule has 0 radical (unpaired) electrons. The van der Waals surface area contributed by atoms with E-state index in [1.54, 1.807) is 60.7 Å². The van der Waals surface area contributed by atoms with Crippen LogP contribution in [0.25, 0.3) is 10.9 Å². The van der Waals surface area contributed by atoms with Crippen molar-refractivity contribution >= 4 is 64.0 Å². The molecule has 2 N–H and O–H groups in total. The van der Waals surface area contributed by atoms with Crippen molar-refractivity contribution in [1.29, 1.82) is 0 Å². The van der Waals surface area contributed by atoms with E-state index in [0.717, 1.165) is 17.7 Å². The molecule has 1 aliphatic carbocycles. The summed E-state index contributed by atoms with van der Waals surface area (Å²) in [5, 5.41) is 5.53. The number of carbonyl (C=O) groups excluding carboxylic acids is 5. The molecule has 6 amide bonds. The number of nitrogens with one attached hydrogen (secondary N) is 2. The average molecular weight is 627 g/mol. The highest BCUT2D eigenvalue weighted by Gasteiger charge is 2.52. The van der Waals surface area contributed by atoms with E-state index < -0.39 is 41.4 Å². The fourth-order valence-corrected chi connectivity index (χ4v) is 6.08. The Bertz CT molecular complexity index is 1910. The maximum absolute atomic E-state index is 14.3. The van der Waals surface area contributed by atoms with E-state index in [-0.39, 0.29) is 39.7 Å². The second kappa shape index (κ2) is 12.3. The van der Waals surface area contributed by atoms with Crippen LogP contribution in [0.15, 0.2) is 77.6 Å². The summed E-state index contributed by atoms with van der Waals surface area (Å²) in [5.74, 6) is -3.52. The molecular formula is C32H27ClN6O6. The van der Waals surface area contributed by atoms with Gasteiger partial charge in [0.1, 0.15) is 11.3 Å². The summed E-state index contributed by atoms with van der Waals surface area (Å²) in [6, 6.07) is 16.4. The van der Waals surface area contributed by atoms with Gasteiger partial charge in [0.2, 0.25) is 6.41 Å². The average Bonchev–Trinajstić information content (AvgIpc) is 3.64. The lowest BCUT2D eigenvalue weighted by Gasteiger charge is -2.29. The number of halogens is 1. The third kappa shape index (κ3) is 5.44. The van der Waals surface area contributed by atoms with E-state index in [1.165, 1.54) is 16.7 Å². The Morgan fingerprint density at radius 1 is 0.911 bits per heavy atom. The zero-order valence-corrected chi connectivity index (χ0v) is 24.6. The molecule has 1 atom stereocenters. The lowest BCUT2D eigenvalue weighted by Crippen LogP contribution is -2.45. The van der Waals surface area contributed by atoms with Crippen molar-refractivity contribution in [2.75, 3.05) is 10.6 Å². The summed E-state index contributed by atoms with van der Waals surface area (Å²) in [6.45, 7) is -0.215. The summed E-state index contributed by atoms with van der Waals surface area (Å²) in [7, 11) is 0. The van der Waals surface area contributed by atoms with Crippen LogP contribution in [0.1, 0.15) is 49.2 Å². The zero-order chi connectivity index (χ0) is 31.7. The minimum absolute atomic E-state index is 0.0564. The van der Waals surface area contributed by atoms with Gasteiger partial charge in [-0.25, -0.2) is 14.7 Å². The third-order valence-corrected chi connectivity index (χ3v) is 8.34. The molecule has 0 bridgehead atoms. The second-order valence-electron chi connectivity index (χ2n) is 10.8. The number of amides is 6. The number of urea groups is 1. The van der Waals surface area contributed by atoms with Crippen LogP contribution in [0.5, 0.6) is 0 Å². The number of aromatic nitrogens is 2. The third-order valence-electron chi connectivity index (χ3n) is 8.01. The van der Waals surface area contributed by atoms with Gasteiger partial charge in [-0.3, -0.25) is 33.4 Å². The fourth-order valence-electron chi connectivity index (χ4n) is 5.90. The van der Waals surface area contributed by atoms with Gasteiger partial charge < -0.3 is 10.6 Å². The van der Waals surface area contributed by atoms with Gasteiger partial charge in [0, 0.05) is 6.04 Å². The van der Waals surface area contributed by atoms with E-state index in [9.17, 15) is 28.8 Å². The monoisotopic (exact) mass is 626 g/mol. The van der Waals surface area contributed by atoms with Gasteiger partial charge in [-0.05, 0) is 42.7 Å². The number of benzene rings is 3. The number of fused-ring (bicyclic) bond motifs is 1. The second-order valence-corrected chi connectivity index (χ2v) is 11.2. The van der Waals surface area contributed by atoms with Crippen molar-refractivity contribution in [2.24, 2.45) is 0 Å². The molecule has 0 spiro atoms. The van der Waals surface area contributed by atoms with E-state index in [1.807, 2.05) is 0 Å². The Labute approximate surface area is 261 Å². The number of hydrogen-bond donors (Lipinski definition) is 2. The van der Waals surface area contributed by atoms with E-state index >= 15 is 0 Å². The number of nitrogens with zero attached hydrogens (tertiary/aromatic N) is 4. The standard InChI is InChI=1S/C32H27ClN6O6/c33-22-14-6-7-15-23(22)35-28(41)26(39-31(44)30(43)37(32(39)45)17-19-9-2-1-3-10-19)27-36-25-21(13-8-16-24(25)34-18-40)29(42)38(27)20-11-4-5-12-20/h1-3,6-10,13-16,18,20,26H,4-5,11-12,17H2,(H,34,40)(H,35,41).